The van der Waals surface area contributed by atoms with Crippen LogP contribution in [0.15, 0.2) is 77.7 Å². The fraction of sp³-hybridized carbons (Fsp3) is 0.333. The van der Waals surface area contributed by atoms with Crippen LogP contribution in [0.25, 0.3) is 10.8 Å². The van der Waals surface area contributed by atoms with Gasteiger partial charge in [-0.3, -0.25) is 4.79 Å². The molecule has 1 fully saturated rings. The van der Waals surface area contributed by atoms with Crippen LogP contribution in [0.4, 0.5) is 0 Å². The predicted octanol–water partition coefficient (Wildman–Crippen LogP) is 7.89. The molecule has 0 bridgehead atoms. The number of hydrogen-bond acceptors (Lipinski definition) is 5. The first-order chi connectivity index (χ1) is 21.7. The van der Waals surface area contributed by atoms with Crippen LogP contribution in [0.3, 0.4) is 0 Å². The van der Waals surface area contributed by atoms with Crippen LogP contribution in [0.2, 0.25) is 10.0 Å². The summed E-state index contributed by atoms with van der Waals surface area (Å²) in [4.78, 5) is 19.2. The highest BCUT2D eigenvalue weighted by Crippen LogP contribution is 2.36. The second-order valence-electron chi connectivity index (χ2n) is 11.6. The van der Waals surface area contributed by atoms with Crippen molar-refractivity contribution in [3.05, 3.63) is 105 Å². The molecule has 0 saturated carbocycles. The predicted molar refractivity (Wildman–Crippen MR) is 183 cm³/mol. The molecule has 2 atom stereocenters. The molecule has 4 aromatic rings. The number of likely N-dealkylation sites (N-methyl/N-ethyl adjacent to an activating group) is 1. The molecule has 0 spiro atoms. The minimum atomic E-state index is -1.01. The molecule has 0 aliphatic carbocycles. The van der Waals surface area contributed by atoms with E-state index in [1.165, 1.54) is 12.7 Å². The number of halogens is 2. The zero-order chi connectivity index (χ0) is 32.1. The van der Waals surface area contributed by atoms with E-state index < -0.39 is 11.2 Å². The first-order valence-electron chi connectivity index (χ1n) is 15.1. The van der Waals surface area contributed by atoms with E-state index in [0.29, 0.717) is 33.6 Å². The third-order valence-electron chi connectivity index (χ3n) is 8.85. The smallest absolute Gasteiger partial charge is 0.258 e. The van der Waals surface area contributed by atoms with Crippen molar-refractivity contribution in [3.8, 4) is 11.8 Å². The number of amides is 1. The molecule has 1 heterocycles. The standard InChI is InChI=1S/C36H37Cl2N3O3S/c1-40(36(42)34-30-10-5-4-8-26(30)20-28(22-39)35(34)44-2)23-27(25-12-13-31(37)32(38)21-25)16-19-41-17-14-24(15-18-41)29-9-6-7-11-33(29)45(3)43/h4-13,20-21,24,27H,14-19,23H2,1-3H3/t27-,45?/m1/s1. The number of benzene rings is 4. The van der Waals surface area contributed by atoms with Crippen LogP contribution < -0.4 is 4.74 Å². The van der Waals surface area contributed by atoms with E-state index in [0.717, 1.165) is 60.1 Å². The topological polar surface area (TPSA) is 79.6 Å². The molecule has 1 amide bonds. The van der Waals surface area contributed by atoms with Gasteiger partial charge in [0.05, 0.1) is 28.3 Å². The SMILES string of the molecule is COc1c(C#N)cc2ccccc2c1C(=O)N(C)C[C@@H](CCN1CCC(c2ccccc2[S+](C)[O-])CC1)c1ccc(Cl)c(Cl)c1. The van der Waals surface area contributed by atoms with E-state index in [-0.39, 0.29) is 17.6 Å². The number of nitrogens with zero attached hydrogens (tertiary/aromatic N) is 3. The number of methoxy groups -OCH3 is 1. The molecule has 4 aromatic carbocycles. The number of carbonyl (C=O) groups is 1. The molecular formula is C36H37Cl2N3O3S. The highest BCUT2D eigenvalue weighted by atomic mass is 35.5. The Morgan fingerprint density at radius 2 is 1.80 bits per heavy atom. The number of rotatable bonds is 10. The van der Waals surface area contributed by atoms with Gasteiger partial charge in [0, 0.05) is 25.1 Å². The Kier molecular flexibility index (Phi) is 11.0. The Hall–Kier alpha value is -3.25. The van der Waals surface area contributed by atoms with Gasteiger partial charge in [-0.15, -0.1) is 0 Å². The lowest BCUT2D eigenvalue weighted by molar-refractivity contribution is 0.0780. The van der Waals surface area contributed by atoms with Gasteiger partial charge >= 0.3 is 0 Å². The second-order valence-corrected chi connectivity index (χ2v) is 13.8. The quantitative estimate of drug-likeness (QED) is 0.162. The van der Waals surface area contributed by atoms with Crippen molar-refractivity contribution < 1.29 is 14.1 Å². The van der Waals surface area contributed by atoms with Crippen molar-refractivity contribution in [1.82, 2.24) is 9.80 Å². The number of likely N-dealkylation sites (tertiary alicyclic amines) is 1. The lowest BCUT2D eigenvalue weighted by Crippen LogP contribution is -2.36. The van der Waals surface area contributed by atoms with E-state index in [1.54, 1.807) is 24.3 Å². The first-order valence-corrected chi connectivity index (χ1v) is 17.4. The maximum Gasteiger partial charge on any atom is 0.258 e. The van der Waals surface area contributed by atoms with Gasteiger partial charge in [0.2, 0.25) is 0 Å². The van der Waals surface area contributed by atoms with Crippen LogP contribution in [0.1, 0.15) is 58.1 Å². The van der Waals surface area contributed by atoms with Gasteiger partial charge in [-0.1, -0.05) is 71.7 Å². The van der Waals surface area contributed by atoms with Crippen LogP contribution in [0, 0.1) is 11.3 Å². The van der Waals surface area contributed by atoms with Gasteiger partial charge in [0.25, 0.3) is 5.91 Å². The van der Waals surface area contributed by atoms with E-state index in [2.05, 4.69) is 17.0 Å². The first kappa shape index (κ1) is 33.1. The summed E-state index contributed by atoms with van der Waals surface area (Å²) in [6, 6.07) is 25.3. The molecule has 0 aromatic heterocycles. The Bertz CT molecular complexity index is 1720. The maximum atomic E-state index is 14.1. The minimum absolute atomic E-state index is 0.00825. The summed E-state index contributed by atoms with van der Waals surface area (Å²) in [7, 11) is 3.28. The maximum absolute atomic E-state index is 14.1. The van der Waals surface area contributed by atoms with Crippen LogP contribution in [0.5, 0.6) is 5.75 Å². The van der Waals surface area contributed by atoms with Crippen LogP contribution >= 0.6 is 23.2 Å². The Balaban J connectivity index is 1.34. The van der Waals surface area contributed by atoms with E-state index >= 15 is 0 Å². The number of hydrogen-bond donors (Lipinski definition) is 0. The lowest BCUT2D eigenvalue weighted by atomic mass is 9.88. The molecular weight excluding hydrogens is 625 g/mol. The third-order valence-corrected chi connectivity index (χ3v) is 10.6. The van der Waals surface area contributed by atoms with Crippen LogP contribution in [-0.2, 0) is 11.2 Å². The highest BCUT2D eigenvalue weighted by Gasteiger charge is 2.28. The monoisotopic (exact) mass is 661 g/mol. The number of nitriles is 1. The molecule has 5 rings (SSSR count). The molecule has 6 nitrogen and oxygen atoms in total. The molecule has 1 unspecified atom stereocenters. The largest absolute Gasteiger partial charge is 0.612 e. The molecule has 1 aliphatic heterocycles. The molecule has 0 N–H and O–H groups in total. The summed E-state index contributed by atoms with van der Waals surface area (Å²) in [6.07, 6.45) is 4.57. The summed E-state index contributed by atoms with van der Waals surface area (Å²) in [6.45, 7) is 3.19. The Morgan fingerprint density at radius 1 is 1.09 bits per heavy atom. The molecule has 234 valence electrons. The minimum Gasteiger partial charge on any atom is -0.612 e. The Labute approximate surface area is 278 Å². The Morgan fingerprint density at radius 3 is 2.49 bits per heavy atom. The number of ether oxygens (including phenoxy) is 1. The molecule has 1 saturated heterocycles. The van der Waals surface area contributed by atoms with Crippen molar-refractivity contribution >= 4 is 51.1 Å². The zero-order valence-electron chi connectivity index (χ0n) is 25.8. The molecule has 0 radical (unpaired) electrons. The molecule has 45 heavy (non-hydrogen) atoms. The van der Waals surface area contributed by atoms with Gasteiger partial charge in [0.15, 0.2) is 4.90 Å². The van der Waals surface area contributed by atoms with Gasteiger partial charge in [-0.2, -0.15) is 5.26 Å². The fourth-order valence-electron chi connectivity index (χ4n) is 6.46. The number of piperidine rings is 1. The third kappa shape index (κ3) is 7.43. The average molecular weight is 663 g/mol. The van der Waals surface area contributed by atoms with Crippen molar-refractivity contribution in [2.24, 2.45) is 0 Å². The van der Waals surface area contributed by atoms with Gasteiger partial charge < -0.3 is 19.1 Å². The van der Waals surface area contributed by atoms with Crippen molar-refractivity contribution in [1.29, 1.82) is 5.26 Å². The summed E-state index contributed by atoms with van der Waals surface area (Å²) >= 11 is 11.7. The molecule has 1 aliphatic rings. The zero-order valence-corrected chi connectivity index (χ0v) is 28.1. The van der Waals surface area contributed by atoms with E-state index in [9.17, 15) is 14.6 Å². The van der Waals surface area contributed by atoms with E-state index in [1.807, 2.05) is 60.7 Å². The average Bonchev–Trinajstić information content (AvgIpc) is 3.06. The fourth-order valence-corrected chi connectivity index (χ4v) is 7.60. The van der Waals surface area contributed by atoms with Crippen molar-refractivity contribution in [2.45, 2.75) is 36.0 Å². The van der Waals surface area contributed by atoms with Gasteiger partial charge in [-0.25, -0.2) is 0 Å². The normalized spacial score (nSPS) is 15.4. The summed E-state index contributed by atoms with van der Waals surface area (Å²) < 4.78 is 18.0. The summed E-state index contributed by atoms with van der Waals surface area (Å²) in [5.74, 6) is 0.463. The highest BCUT2D eigenvalue weighted by molar-refractivity contribution is 7.90. The van der Waals surface area contributed by atoms with Crippen molar-refractivity contribution in [2.75, 3.05) is 46.6 Å². The number of fused-ring (bicyclic) bond motifs is 1. The van der Waals surface area contributed by atoms with Gasteiger partial charge in [-0.05, 0) is 96.6 Å². The van der Waals surface area contributed by atoms with Crippen molar-refractivity contribution in [3.63, 3.8) is 0 Å². The summed E-state index contributed by atoms with van der Waals surface area (Å²) in [5.41, 5.74) is 2.93. The van der Waals surface area contributed by atoms with Crippen LogP contribution in [-0.4, -0.2) is 66.9 Å². The van der Waals surface area contributed by atoms with Gasteiger partial charge in [0.1, 0.15) is 18.1 Å². The van der Waals surface area contributed by atoms with E-state index in [4.69, 9.17) is 27.9 Å². The second kappa shape index (κ2) is 14.9. The summed E-state index contributed by atoms with van der Waals surface area (Å²) in [5, 5.41) is 12.3. The lowest BCUT2D eigenvalue weighted by Gasteiger charge is -2.34. The molecule has 9 heteroatoms. The number of carbonyl (C=O) groups excluding carboxylic acids is 1.